The molecule has 13 heavy (non-hydrogen) atoms. The first-order valence-electron chi connectivity index (χ1n) is 3.90. The molecule has 2 rings (SSSR count). The number of aliphatic hydroxyl groups excluding tert-OH is 1. The van der Waals surface area contributed by atoms with Crippen molar-refractivity contribution in [2.24, 2.45) is 0 Å². The van der Waals surface area contributed by atoms with Gasteiger partial charge < -0.3 is 13.9 Å². The summed E-state index contributed by atoms with van der Waals surface area (Å²) in [4.78, 5) is 3.87. The third kappa shape index (κ3) is 1.25. The Morgan fingerprint density at radius 2 is 2.31 bits per heavy atom. The van der Waals surface area contributed by atoms with Gasteiger partial charge in [0.25, 0.3) is 0 Å². The molecule has 0 saturated carbocycles. The second-order valence-electron chi connectivity index (χ2n) is 2.68. The lowest BCUT2D eigenvalue weighted by atomic mass is 10.2. The van der Waals surface area contributed by atoms with Crippen LogP contribution < -0.4 is 0 Å². The standard InChI is InChI=1S/C9H9NO3/c1-6-7(2-3-12-6)9-8(4-11)10-5-13-9/h2-3,5,11H,4H2,1H3. The zero-order valence-electron chi connectivity index (χ0n) is 7.15. The monoisotopic (exact) mass is 179 g/mol. The summed E-state index contributed by atoms with van der Waals surface area (Å²) in [5, 5.41) is 8.94. The Kier molecular flexibility index (Phi) is 1.90. The summed E-state index contributed by atoms with van der Waals surface area (Å²) in [7, 11) is 0. The molecule has 0 bridgehead atoms. The highest BCUT2D eigenvalue weighted by molar-refractivity contribution is 5.61. The summed E-state index contributed by atoms with van der Waals surface area (Å²) in [6.07, 6.45) is 2.89. The number of hydrogen-bond acceptors (Lipinski definition) is 4. The predicted octanol–water partition coefficient (Wildman–Crippen LogP) is 1.74. The highest BCUT2D eigenvalue weighted by Crippen LogP contribution is 2.26. The fourth-order valence-electron chi connectivity index (χ4n) is 1.22. The van der Waals surface area contributed by atoms with Crippen LogP contribution in [-0.2, 0) is 6.61 Å². The summed E-state index contributed by atoms with van der Waals surface area (Å²) in [5.74, 6) is 1.33. The van der Waals surface area contributed by atoms with Crippen LogP contribution in [0.1, 0.15) is 11.5 Å². The molecule has 0 aromatic carbocycles. The molecule has 0 saturated heterocycles. The Labute approximate surface area is 74.8 Å². The summed E-state index contributed by atoms with van der Waals surface area (Å²) < 4.78 is 10.3. The van der Waals surface area contributed by atoms with E-state index >= 15 is 0 Å². The first-order chi connectivity index (χ1) is 6.33. The maximum atomic E-state index is 8.94. The molecule has 2 heterocycles. The molecule has 0 radical (unpaired) electrons. The average Bonchev–Trinajstić information content (AvgIpc) is 2.71. The van der Waals surface area contributed by atoms with E-state index in [4.69, 9.17) is 13.9 Å². The molecule has 0 spiro atoms. The van der Waals surface area contributed by atoms with Gasteiger partial charge >= 0.3 is 0 Å². The normalized spacial score (nSPS) is 10.6. The third-order valence-corrected chi connectivity index (χ3v) is 1.89. The summed E-state index contributed by atoms with van der Waals surface area (Å²) >= 11 is 0. The van der Waals surface area contributed by atoms with Crippen molar-refractivity contribution in [3.63, 3.8) is 0 Å². The number of nitrogens with zero attached hydrogens (tertiary/aromatic N) is 1. The van der Waals surface area contributed by atoms with Crippen LogP contribution in [0.25, 0.3) is 11.3 Å². The molecule has 0 fully saturated rings. The number of rotatable bonds is 2. The molecule has 0 aliphatic rings. The van der Waals surface area contributed by atoms with Crippen molar-refractivity contribution in [1.29, 1.82) is 0 Å². The van der Waals surface area contributed by atoms with Crippen LogP contribution in [0.2, 0.25) is 0 Å². The van der Waals surface area contributed by atoms with Gasteiger partial charge in [-0.25, -0.2) is 4.98 Å². The van der Waals surface area contributed by atoms with Crippen LogP contribution in [-0.4, -0.2) is 10.1 Å². The van der Waals surface area contributed by atoms with Crippen LogP contribution in [0.4, 0.5) is 0 Å². The second kappa shape index (κ2) is 3.06. The van der Waals surface area contributed by atoms with Crippen molar-refractivity contribution in [2.45, 2.75) is 13.5 Å². The Morgan fingerprint density at radius 3 is 2.92 bits per heavy atom. The molecule has 0 aliphatic heterocycles. The van der Waals surface area contributed by atoms with Gasteiger partial charge in [0, 0.05) is 0 Å². The smallest absolute Gasteiger partial charge is 0.181 e. The van der Waals surface area contributed by atoms with Gasteiger partial charge in [0.2, 0.25) is 0 Å². The fraction of sp³-hybridized carbons (Fsp3) is 0.222. The topological polar surface area (TPSA) is 59.4 Å². The Balaban J connectivity index is 2.52. The van der Waals surface area contributed by atoms with Gasteiger partial charge in [-0.2, -0.15) is 0 Å². The first-order valence-corrected chi connectivity index (χ1v) is 3.90. The molecule has 0 amide bonds. The number of aliphatic hydroxyl groups is 1. The Morgan fingerprint density at radius 1 is 1.46 bits per heavy atom. The van der Waals surface area contributed by atoms with Gasteiger partial charge in [-0.15, -0.1) is 0 Å². The molecule has 4 nitrogen and oxygen atoms in total. The minimum Gasteiger partial charge on any atom is -0.469 e. The van der Waals surface area contributed by atoms with Gasteiger partial charge in [-0.3, -0.25) is 0 Å². The lowest BCUT2D eigenvalue weighted by molar-refractivity contribution is 0.277. The van der Waals surface area contributed by atoms with Crippen LogP contribution in [0.5, 0.6) is 0 Å². The number of aromatic nitrogens is 1. The van der Waals surface area contributed by atoms with Crippen LogP contribution in [0.15, 0.2) is 27.6 Å². The molecule has 1 N–H and O–H groups in total. The average molecular weight is 179 g/mol. The van der Waals surface area contributed by atoms with Crippen LogP contribution in [0, 0.1) is 6.92 Å². The number of hydrogen-bond donors (Lipinski definition) is 1. The van der Waals surface area contributed by atoms with Crippen LogP contribution in [0.3, 0.4) is 0 Å². The molecule has 2 aromatic rings. The second-order valence-corrected chi connectivity index (χ2v) is 2.68. The van der Waals surface area contributed by atoms with E-state index in [0.29, 0.717) is 11.5 Å². The molecule has 0 aliphatic carbocycles. The predicted molar refractivity (Wildman–Crippen MR) is 44.9 cm³/mol. The molecule has 0 unspecified atom stereocenters. The molecule has 2 aromatic heterocycles. The van der Waals surface area contributed by atoms with Crippen molar-refractivity contribution >= 4 is 0 Å². The molecular formula is C9H9NO3. The highest BCUT2D eigenvalue weighted by Gasteiger charge is 2.13. The minimum atomic E-state index is -0.129. The molecule has 0 atom stereocenters. The fourth-order valence-corrected chi connectivity index (χ4v) is 1.22. The SMILES string of the molecule is Cc1occc1-c1ocnc1CO. The van der Waals surface area contributed by atoms with E-state index in [0.717, 1.165) is 11.3 Å². The van der Waals surface area contributed by atoms with Crippen LogP contribution >= 0.6 is 0 Å². The van der Waals surface area contributed by atoms with E-state index in [2.05, 4.69) is 4.98 Å². The number of oxazole rings is 1. The van der Waals surface area contributed by atoms with Crippen molar-refractivity contribution in [1.82, 2.24) is 4.98 Å². The van der Waals surface area contributed by atoms with Gasteiger partial charge in [-0.05, 0) is 13.0 Å². The van der Waals surface area contributed by atoms with E-state index in [-0.39, 0.29) is 6.61 Å². The quantitative estimate of drug-likeness (QED) is 0.762. The molecule has 4 heteroatoms. The van der Waals surface area contributed by atoms with E-state index in [1.54, 1.807) is 12.3 Å². The largest absolute Gasteiger partial charge is 0.469 e. The minimum absolute atomic E-state index is 0.129. The van der Waals surface area contributed by atoms with Crippen molar-refractivity contribution in [2.75, 3.05) is 0 Å². The van der Waals surface area contributed by atoms with Crippen molar-refractivity contribution in [3.05, 3.63) is 30.2 Å². The lowest BCUT2D eigenvalue weighted by Gasteiger charge is -1.94. The van der Waals surface area contributed by atoms with Gasteiger partial charge in [0.05, 0.1) is 18.4 Å². The van der Waals surface area contributed by atoms with Crippen molar-refractivity contribution < 1.29 is 13.9 Å². The first kappa shape index (κ1) is 8.07. The molecule has 68 valence electrons. The van der Waals surface area contributed by atoms with Gasteiger partial charge in [-0.1, -0.05) is 0 Å². The Bertz CT molecular complexity index is 402. The van der Waals surface area contributed by atoms with E-state index in [9.17, 15) is 0 Å². The summed E-state index contributed by atoms with van der Waals surface area (Å²) in [5.41, 5.74) is 1.37. The zero-order valence-corrected chi connectivity index (χ0v) is 7.15. The van der Waals surface area contributed by atoms with E-state index < -0.39 is 0 Å². The summed E-state index contributed by atoms with van der Waals surface area (Å²) in [6, 6.07) is 1.79. The third-order valence-electron chi connectivity index (χ3n) is 1.89. The number of aryl methyl sites for hydroxylation is 1. The summed E-state index contributed by atoms with van der Waals surface area (Å²) in [6.45, 7) is 1.70. The molecular weight excluding hydrogens is 170 g/mol. The number of furan rings is 1. The van der Waals surface area contributed by atoms with E-state index in [1.165, 1.54) is 6.39 Å². The lowest BCUT2D eigenvalue weighted by Crippen LogP contribution is -1.86. The maximum absolute atomic E-state index is 8.94. The van der Waals surface area contributed by atoms with Gasteiger partial charge in [0.15, 0.2) is 12.2 Å². The van der Waals surface area contributed by atoms with E-state index in [1.807, 2.05) is 6.92 Å². The van der Waals surface area contributed by atoms with Crippen molar-refractivity contribution in [3.8, 4) is 11.3 Å². The Hall–Kier alpha value is -1.55. The highest BCUT2D eigenvalue weighted by atomic mass is 16.4. The maximum Gasteiger partial charge on any atom is 0.181 e. The van der Waals surface area contributed by atoms with Gasteiger partial charge in [0.1, 0.15) is 11.5 Å². The zero-order chi connectivity index (χ0) is 9.26.